The maximum Gasteiger partial charge on any atom is 0.573 e. The minimum absolute atomic E-state index is 0.0775. The molecule has 0 unspecified atom stereocenters. The lowest BCUT2D eigenvalue weighted by molar-refractivity contribution is -0.275. The number of benzene rings is 2. The molecule has 61 heavy (non-hydrogen) atoms. The molecule has 3 aromatic heterocycles. The number of amides is 2. The number of amidine groups is 1. The zero-order chi connectivity index (χ0) is 43.9. The molecule has 324 valence electrons. The normalized spacial score (nSPS) is 14.5. The lowest BCUT2D eigenvalue weighted by Crippen LogP contribution is -2.47. The molecule has 0 atom stereocenters. The zero-order valence-corrected chi connectivity index (χ0v) is 32.5. The maximum absolute atomic E-state index is 12.9. The van der Waals surface area contributed by atoms with Crippen LogP contribution in [0.5, 0.6) is 11.5 Å². The van der Waals surface area contributed by atoms with E-state index in [1.54, 1.807) is 46.9 Å². The van der Waals surface area contributed by atoms with Crippen molar-refractivity contribution in [1.82, 2.24) is 39.0 Å². The van der Waals surface area contributed by atoms with Gasteiger partial charge < -0.3 is 43.5 Å². The fourth-order valence-electron chi connectivity index (χ4n) is 6.01. The number of oxime groups is 1. The minimum atomic E-state index is -4.81. The summed E-state index contributed by atoms with van der Waals surface area (Å²) in [7, 11) is 3.51. The number of carbonyl (C=O) groups excluding carboxylic acids is 3. The van der Waals surface area contributed by atoms with E-state index in [4.69, 9.17) is 15.1 Å². The molecule has 0 spiro atoms. The molecule has 7 rings (SSSR count). The summed E-state index contributed by atoms with van der Waals surface area (Å²) in [6.07, 6.45) is 1.99. The Kier molecular flexibility index (Phi) is 13.3. The first-order valence-electron chi connectivity index (χ1n) is 18.6. The Morgan fingerprint density at radius 1 is 0.787 bits per heavy atom. The second-order valence-corrected chi connectivity index (χ2v) is 14.0. The number of halogens is 6. The number of imidazole rings is 2. The third-order valence-corrected chi connectivity index (χ3v) is 9.45. The number of carbonyl (C=O) groups is 3. The van der Waals surface area contributed by atoms with Gasteiger partial charge in [0.25, 0.3) is 11.8 Å². The monoisotopic (exact) mass is 860 g/mol. The average molecular weight is 861 g/mol. The predicted octanol–water partition coefficient (Wildman–Crippen LogP) is 5.74. The first kappa shape index (κ1) is 43.6. The van der Waals surface area contributed by atoms with Crippen molar-refractivity contribution in [2.45, 2.75) is 69.9 Å². The molecule has 0 bridgehead atoms. The predicted molar refractivity (Wildman–Crippen MR) is 199 cm³/mol. The van der Waals surface area contributed by atoms with Crippen LogP contribution in [0.2, 0.25) is 0 Å². The molecule has 2 saturated carbocycles. The van der Waals surface area contributed by atoms with Crippen molar-refractivity contribution >= 4 is 23.6 Å². The summed E-state index contributed by atoms with van der Waals surface area (Å²) < 4.78 is 89.7. The largest absolute Gasteiger partial charge is 0.573 e. The van der Waals surface area contributed by atoms with Crippen LogP contribution in [-0.4, -0.2) is 94.0 Å². The number of nitrogens with zero attached hydrogens (tertiary/aromatic N) is 9. The second-order valence-electron chi connectivity index (χ2n) is 14.0. The van der Waals surface area contributed by atoms with Crippen molar-refractivity contribution in [3.05, 3.63) is 96.4 Å². The Morgan fingerprint density at radius 2 is 1.28 bits per heavy atom. The molecule has 2 N–H and O–H groups in total. The number of rotatable bonds is 13. The van der Waals surface area contributed by atoms with Gasteiger partial charge in [-0.25, -0.2) is 14.8 Å². The number of ether oxygens (including phenoxy) is 2. The number of aromatic nitrogens is 6. The molecule has 17 nitrogen and oxygen atoms in total. The van der Waals surface area contributed by atoms with Gasteiger partial charge in [0.2, 0.25) is 11.7 Å². The quantitative estimate of drug-likeness (QED) is 0.0496. The van der Waals surface area contributed by atoms with E-state index in [1.165, 1.54) is 47.6 Å². The molecule has 0 saturated heterocycles. The molecule has 2 aliphatic carbocycles. The molecule has 5 aromatic rings. The molecular weight excluding hydrogens is 822 g/mol. The van der Waals surface area contributed by atoms with Crippen molar-refractivity contribution in [1.29, 1.82) is 0 Å². The average Bonchev–Trinajstić information content (AvgIpc) is 3.92. The number of hydrogen-bond acceptors (Lipinski definition) is 12. The van der Waals surface area contributed by atoms with Crippen LogP contribution in [0.15, 0.2) is 83.3 Å². The second kappa shape index (κ2) is 18.5. The van der Waals surface area contributed by atoms with Crippen LogP contribution in [-0.2, 0) is 30.3 Å². The van der Waals surface area contributed by atoms with E-state index in [9.17, 15) is 40.7 Å². The minimum Gasteiger partial charge on any atom is -0.406 e. The Morgan fingerprint density at radius 3 is 1.74 bits per heavy atom. The fourth-order valence-corrected chi connectivity index (χ4v) is 6.01. The topological polar surface area (TPSA) is 198 Å². The summed E-state index contributed by atoms with van der Waals surface area (Å²) in [6, 6.07) is 9.70. The smallest absolute Gasteiger partial charge is 0.406 e. The van der Waals surface area contributed by atoms with E-state index in [0.717, 1.165) is 50.7 Å². The van der Waals surface area contributed by atoms with Crippen molar-refractivity contribution in [3.8, 4) is 22.9 Å². The van der Waals surface area contributed by atoms with Gasteiger partial charge in [0.05, 0.1) is 12.7 Å². The Balaban J connectivity index is 0.000000204. The number of aryl methyl sites for hydroxylation is 2. The van der Waals surface area contributed by atoms with Crippen molar-refractivity contribution in [2.24, 2.45) is 25.0 Å². The molecular formula is C38H38F6N10O7. The van der Waals surface area contributed by atoms with Crippen molar-refractivity contribution < 1.29 is 59.6 Å². The van der Waals surface area contributed by atoms with E-state index in [2.05, 4.69) is 34.7 Å². The molecule has 2 amide bonds. The van der Waals surface area contributed by atoms with Crippen LogP contribution in [0.4, 0.5) is 26.3 Å². The summed E-state index contributed by atoms with van der Waals surface area (Å²) in [5, 5.41) is 7.39. The fraction of sp³-hybridized carbons (Fsp3) is 0.368. The first-order chi connectivity index (χ1) is 28.9. The van der Waals surface area contributed by atoms with Gasteiger partial charge in [-0.15, -0.1) is 26.3 Å². The van der Waals surface area contributed by atoms with Crippen LogP contribution in [0, 0.1) is 0 Å². The first-order valence-corrected chi connectivity index (χ1v) is 18.6. The van der Waals surface area contributed by atoms with Crippen LogP contribution in [0.3, 0.4) is 0 Å². The summed E-state index contributed by atoms with van der Waals surface area (Å²) in [4.78, 5) is 58.1. The summed E-state index contributed by atoms with van der Waals surface area (Å²) in [5.74, 6) is -1.96. The highest BCUT2D eigenvalue weighted by molar-refractivity contribution is 5.98. The third-order valence-electron chi connectivity index (χ3n) is 9.45. The van der Waals surface area contributed by atoms with Gasteiger partial charge >= 0.3 is 18.7 Å². The van der Waals surface area contributed by atoms with Gasteiger partial charge in [0.1, 0.15) is 36.0 Å². The number of alkyl halides is 6. The van der Waals surface area contributed by atoms with Gasteiger partial charge in [-0.3, -0.25) is 9.59 Å². The Bertz CT molecular complexity index is 2320. The van der Waals surface area contributed by atoms with Gasteiger partial charge in [-0.2, -0.15) is 4.98 Å². The van der Waals surface area contributed by atoms with Gasteiger partial charge in [-0.05, 0) is 87.1 Å². The number of nitrogens with two attached hydrogens (primary N) is 1. The van der Waals surface area contributed by atoms with Gasteiger partial charge in [-0.1, -0.05) is 10.3 Å². The van der Waals surface area contributed by atoms with E-state index in [-0.39, 0.29) is 71.5 Å². The van der Waals surface area contributed by atoms with Gasteiger partial charge in [0, 0.05) is 49.7 Å². The lowest BCUT2D eigenvalue weighted by atomic mass is 9.91. The highest BCUT2D eigenvalue weighted by atomic mass is 19.4. The van der Waals surface area contributed by atoms with Gasteiger partial charge in [0.15, 0.2) is 5.84 Å². The Labute approximate surface area is 342 Å². The van der Waals surface area contributed by atoms with E-state index >= 15 is 0 Å². The SMILES string of the molecule is Cn1cnc(C(=O)N(CC(=O)ON=C(N)c2ccc(OC(F)(F)F)cc2)C2CCC2)c1.Cn1cnc(C(=O)N(Cc2nc(-c3ccc(OC(F)(F)F)cc3)no2)C2CCC2)c1. The standard InChI is InChI=1S/C19H20F3N5O4.C19H18F3N5O3/c1-26-9-15(24-11-26)18(29)27(13-3-2-4-13)10-16(28)31-25-17(23)12-5-7-14(8-6-12)30-19(20,21)22;1-26-9-15(23-11-26)18(28)27(13-3-2-4-13)10-16-24-17(25-30-16)12-5-7-14(8-6-12)29-19(20,21)22/h5-9,11,13H,2-4,10H2,1H3,(H2,23,25);5-9,11,13H,2-4,10H2,1H3. The van der Waals surface area contributed by atoms with Crippen molar-refractivity contribution in [2.75, 3.05) is 6.54 Å². The van der Waals surface area contributed by atoms with Crippen LogP contribution in [0.25, 0.3) is 11.4 Å². The summed E-state index contributed by atoms with van der Waals surface area (Å²) in [5.41, 5.74) is 6.96. The molecule has 0 aliphatic heterocycles. The summed E-state index contributed by atoms with van der Waals surface area (Å²) in [6.45, 7) is -0.211. The summed E-state index contributed by atoms with van der Waals surface area (Å²) >= 11 is 0. The highest BCUT2D eigenvalue weighted by Crippen LogP contribution is 2.30. The van der Waals surface area contributed by atoms with E-state index in [1.807, 2.05) is 0 Å². The van der Waals surface area contributed by atoms with E-state index < -0.39 is 24.4 Å². The molecule has 2 fully saturated rings. The van der Waals surface area contributed by atoms with Crippen LogP contribution >= 0.6 is 0 Å². The van der Waals surface area contributed by atoms with Crippen LogP contribution < -0.4 is 15.2 Å². The number of hydrogen-bond donors (Lipinski definition) is 1. The van der Waals surface area contributed by atoms with E-state index in [0.29, 0.717) is 11.3 Å². The zero-order valence-electron chi connectivity index (χ0n) is 32.5. The van der Waals surface area contributed by atoms with Crippen LogP contribution in [0.1, 0.15) is 71.0 Å². The Hall–Kier alpha value is -6.94. The molecule has 0 radical (unpaired) electrons. The lowest BCUT2D eigenvalue weighted by Gasteiger charge is -2.36. The third kappa shape index (κ3) is 12.1. The highest BCUT2D eigenvalue weighted by Gasteiger charge is 2.35. The molecule has 3 heterocycles. The molecule has 2 aliphatic rings. The molecule has 2 aromatic carbocycles. The van der Waals surface area contributed by atoms with Crippen molar-refractivity contribution in [3.63, 3.8) is 0 Å². The maximum atomic E-state index is 12.9. The molecule has 23 heteroatoms.